The number of anilines is 1. The van der Waals surface area contributed by atoms with Crippen molar-refractivity contribution in [2.24, 2.45) is 0 Å². The number of ether oxygens (including phenoxy) is 2. The molecule has 2 aromatic carbocycles. The van der Waals surface area contributed by atoms with Crippen LogP contribution in [0, 0.1) is 6.92 Å². The van der Waals surface area contributed by atoms with Crippen LogP contribution in [0.4, 0.5) is 5.82 Å². The normalized spacial score (nSPS) is 11.5. The monoisotopic (exact) mass is 442 g/mol. The lowest BCUT2D eigenvalue weighted by molar-refractivity contribution is -0.111. The Kier molecular flexibility index (Phi) is 6.45. The van der Waals surface area contributed by atoms with Gasteiger partial charge < -0.3 is 19.2 Å². The number of nitrogens with zero attached hydrogens (tertiary/aromatic N) is 1. The molecule has 1 amide bonds. The van der Waals surface area contributed by atoms with Gasteiger partial charge in [0.05, 0.1) is 20.0 Å². The Bertz CT molecular complexity index is 1320. The van der Waals surface area contributed by atoms with Gasteiger partial charge in [0.15, 0.2) is 0 Å². The Balaban J connectivity index is 1.71. The number of rotatable bonds is 7. The van der Waals surface area contributed by atoms with Crippen LogP contribution in [-0.2, 0) is 4.79 Å². The van der Waals surface area contributed by atoms with E-state index in [2.05, 4.69) is 10.3 Å². The predicted molar refractivity (Wildman–Crippen MR) is 131 cm³/mol. The van der Waals surface area contributed by atoms with E-state index in [0.717, 1.165) is 39.0 Å². The van der Waals surface area contributed by atoms with Crippen molar-refractivity contribution in [2.45, 2.75) is 20.8 Å². The zero-order valence-electron chi connectivity index (χ0n) is 19.1. The van der Waals surface area contributed by atoms with Crippen LogP contribution in [0.25, 0.3) is 27.7 Å². The number of carbonyl (C=O) groups is 1. The molecule has 0 saturated heterocycles. The fourth-order valence-corrected chi connectivity index (χ4v) is 3.67. The lowest BCUT2D eigenvalue weighted by Gasteiger charge is -2.12. The van der Waals surface area contributed by atoms with Gasteiger partial charge >= 0.3 is 0 Å². The van der Waals surface area contributed by atoms with E-state index in [9.17, 15) is 4.79 Å². The molecule has 0 aliphatic carbocycles. The molecule has 33 heavy (non-hydrogen) atoms. The van der Waals surface area contributed by atoms with Gasteiger partial charge in [-0.3, -0.25) is 4.79 Å². The summed E-state index contributed by atoms with van der Waals surface area (Å²) in [7, 11) is 1.64. The molecule has 6 nitrogen and oxygen atoms in total. The molecule has 0 aliphatic heterocycles. The number of furan rings is 1. The average Bonchev–Trinajstić information content (AvgIpc) is 3.21. The fraction of sp³-hybridized carbons (Fsp3) is 0.185. The maximum Gasteiger partial charge on any atom is 0.249 e. The second kappa shape index (κ2) is 9.61. The molecule has 0 saturated carbocycles. The average molecular weight is 443 g/mol. The molecule has 2 heterocycles. The number of nitrogens with one attached hydrogen (secondary N) is 1. The molecule has 4 rings (SSSR count). The lowest BCUT2D eigenvalue weighted by Crippen LogP contribution is -2.10. The molecule has 0 aliphatic rings. The molecule has 0 bridgehead atoms. The van der Waals surface area contributed by atoms with Crippen molar-refractivity contribution in [1.29, 1.82) is 0 Å². The number of pyridine rings is 1. The van der Waals surface area contributed by atoms with E-state index in [1.165, 1.54) is 0 Å². The molecule has 168 valence electrons. The van der Waals surface area contributed by atoms with E-state index >= 15 is 0 Å². The number of aromatic nitrogens is 1. The van der Waals surface area contributed by atoms with Crippen molar-refractivity contribution >= 4 is 28.3 Å². The largest absolute Gasteiger partial charge is 0.497 e. The molecule has 1 N–H and O–H groups in total. The first-order chi connectivity index (χ1) is 16.0. The summed E-state index contributed by atoms with van der Waals surface area (Å²) < 4.78 is 17.0. The minimum atomic E-state index is -0.254. The Morgan fingerprint density at radius 3 is 2.64 bits per heavy atom. The van der Waals surface area contributed by atoms with Crippen molar-refractivity contribution in [1.82, 2.24) is 4.98 Å². The number of hydrogen-bond acceptors (Lipinski definition) is 5. The summed E-state index contributed by atoms with van der Waals surface area (Å²) >= 11 is 0. The molecule has 0 unspecified atom stereocenters. The van der Waals surface area contributed by atoms with Crippen molar-refractivity contribution in [3.8, 4) is 22.6 Å². The minimum Gasteiger partial charge on any atom is -0.497 e. The summed E-state index contributed by atoms with van der Waals surface area (Å²) in [5, 5.41) is 3.75. The lowest BCUT2D eigenvalue weighted by atomic mass is 9.99. The van der Waals surface area contributed by atoms with Crippen LogP contribution < -0.4 is 14.8 Å². The quantitative estimate of drug-likeness (QED) is 0.342. The van der Waals surface area contributed by atoms with Crippen molar-refractivity contribution in [3.63, 3.8) is 0 Å². The van der Waals surface area contributed by atoms with Gasteiger partial charge in [-0.2, -0.15) is 0 Å². The maximum absolute atomic E-state index is 12.6. The zero-order chi connectivity index (χ0) is 23.4. The van der Waals surface area contributed by atoms with E-state index in [1.807, 2.05) is 69.3 Å². The standard InChI is InChI=1S/C27H26N2O4/c1-5-32-24-15-25-22(23(16-33-25)19-6-8-20(31-4)9-7-19)14-21(24)18(3)13-27(30)29-26-12-17(2)10-11-28-26/h6-16H,5H2,1-4H3,(H,28,29,30)/b18-13+. The first kappa shape index (κ1) is 22.1. The van der Waals surface area contributed by atoms with Crippen LogP contribution in [-0.4, -0.2) is 24.6 Å². The second-order valence-corrected chi connectivity index (χ2v) is 7.69. The Hall–Kier alpha value is -4.06. The van der Waals surface area contributed by atoms with E-state index in [0.29, 0.717) is 23.8 Å². The number of allylic oxidation sites excluding steroid dienone is 1. The molecule has 0 fully saturated rings. The number of hydrogen-bond donors (Lipinski definition) is 1. The molecular weight excluding hydrogens is 416 g/mol. The molecule has 0 atom stereocenters. The molecule has 0 spiro atoms. The third-order valence-corrected chi connectivity index (χ3v) is 5.32. The molecule has 4 aromatic rings. The van der Waals surface area contributed by atoms with Crippen molar-refractivity contribution in [3.05, 3.63) is 78.2 Å². The van der Waals surface area contributed by atoms with Crippen LogP contribution in [0.3, 0.4) is 0 Å². The first-order valence-corrected chi connectivity index (χ1v) is 10.7. The minimum absolute atomic E-state index is 0.254. The van der Waals surface area contributed by atoms with E-state index in [1.54, 1.807) is 25.6 Å². The summed E-state index contributed by atoms with van der Waals surface area (Å²) in [4.78, 5) is 16.8. The van der Waals surface area contributed by atoms with Crippen LogP contribution in [0.5, 0.6) is 11.5 Å². The Morgan fingerprint density at radius 1 is 1.15 bits per heavy atom. The molecular formula is C27H26N2O4. The molecule has 6 heteroatoms. The number of amides is 1. The van der Waals surface area contributed by atoms with Crippen molar-refractivity contribution < 1.29 is 18.7 Å². The van der Waals surface area contributed by atoms with Gasteiger partial charge in [-0.15, -0.1) is 0 Å². The van der Waals surface area contributed by atoms with E-state index in [4.69, 9.17) is 13.9 Å². The SMILES string of the molecule is CCOc1cc2occ(-c3ccc(OC)cc3)c2cc1/C(C)=C/C(=O)Nc1cc(C)ccn1. The van der Waals surface area contributed by atoms with Gasteiger partial charge in [-0.1, -0.05) is 12.1 Å². The zero-order valence-corrected chi connectivity index (χ0v) is 19.1. The van der Waals surface area contributed by atoms with Gasteiger partial charge in [-0.25, -0.2) is 4.98 Å². The predicted octanol–water partition coefficient (Wildman–Crippen LogP) is 6.25. The van der Waals surface area contributed by atoms with Crippen LogP contribution in [0.2, 0.25) is 0 Å². The first-order valence-electron chi connectivity index (χ1n) is 10.7. The van der Waals surface area contributed by atoms with Crippen LogP contribution >= 0.6 is 0 Å². The van der Waals surface area contributed by atoms with Gasteiger partial charge in [0.2, 0.25) is 5.91 Å². The number of aryl methyl sites for hydroxylation is 1. The highest BCUT2D eigenvalue weighted by atomic mass is 16.5. The summed E-state index contributed by atoms with van der Waals surface area (Å²) in [6, 6.07) is 15.4. The van der Waals surface area contributed by atoms with Gasteiger partial charge in [0.1, 0.15) is 22.9 Å². The third-order valence-electron chi connectivity index (χ3n) is 5.32. The number of methoxy groups -OCH3 is 1. The van der Waals surface area contributed by atoms with E-state index in [-0.39, 0.29) is 5.91 Å². The van der Waals surface area contributed by atoms with Crippen LogP contribution in [0.1, 0.15) is 25.0 Å². The third kappa shape index (κ3) is 4.90. The summed E-state index contributed by atoms with van der Waals surface area (Å²) in [5.41, 5.74) is 5.30. The second-order valence-electron chi connectivity index (χ2n) is 7.69. The molecule has 2 aromatic heterocycles. The topological polar surface area (TPSA) is 73.6 Å². The van der Waals surface area contributed by atoms with Gasteiger partial charge in [0, 0.05) is 34.9 Å². The summed E-state index contributed by atoms with van der Waals surface area (Å²) in [5.74, 6) is 1.71. The van der Waals surface area contributed by atoms with Gasteiger partial charge in [0.25, 0.3) is 0 Å². The summed E-state index contributed by atoms with van der Waals surface area (Å²) in [6.45, 7) is 6.26. The Labute approximate surface area is 192 Å². The highest BCUT2D eigenvalue weighted by molar-refractivity contribution is 6.05. The fourth-order valence-electron chi connectivity index (χ4n) is 3.67. The van der Waals surface area contributed by atoms with E-state index < -0.39 is 0 Å². The number of carbonyl (C=O) groups excluding carboxylic acids is 1. The summed E-state index contributed by atoms with van der Waals surface area (Å²) in [6.07, 6.45) is 4.96. The Morgan fingerprint density at radius 2 is 1.94 bits per heavy atom. The molecule has 0 radical (unpaired) electrons. The maximum atomic E-state index is 12.6. The van der Waals surface area contributed by atoms with Gasteiger partial charge in [-0.05, 0) is 67.8 Å². The number of benzene rings is 2. The smallest absolute Gasteiger partial charge is 0.249 e. The number of fused-ring (bicyclic) bond motifs is 1. The van der Waals surface area contributed by atoms with Crippen molar-refractivity contribution in [2.75, 3.05) is 19.0 Å². The van der Waals surface area contributed by atoms with Crippen LogP contribution in [0.15, 0.2) is 71.5 Å². The highest BCUT2D eigenvalue weighted by Gasteiger charge is 2.15. The highest BCUT2D eigenvalue weighted by Crippen LogP contribution is 2.38.